The van der Waals surface area contributed by atoms with Crippen LogP contribution in [0.5, 0.6) is 11.5 Å². The number of nitrogens with one attached hydrogen (secondary N) is 1. The average Bonchev–Trinajstić information content (AvgIpc) is 3.09. The van der Waals surface area contributed by atoms with Gasteiger partial charge < -0.3 is 15.5 Å². The SMILES string of the molecule is NCCCCc1c(-c2cccc(Cl)c2Cl)[nH]c2ccc(Oc3ccccc3)cc12. The van der Waals surface area contributed by atoms with Crippen LogP contribution in [0.4, 0.5) is 0 Å². The fourth-order valence-electron chi connectivity index (χ4n) is 3.55. The van der Waals surface area contributed by atoms with Crippen LogP contribution in [0, 0.1) is 0 Å². The summed E-state index contributed by atoms with van der Waals surface area (Å²) in [6.07, 6.45) is 2.86. The number of halogens is 2. The Morgan fingerprint density at radius 2 is 1.69 bits per heavy atom. The summed E-state index contributed by atoms with van der Waals surface area (Å²) < 4.78 is 6.04. The van der Waals surface area contributed by atoms with Crippen LogP contribution in [0.25, 0.3) is 22.2 Å². The normalized spacial score (nSPS) is 11.1. The minimum Gasteiger partial charge on any atom is -0.457 e. The Balaban J connectivity index is 1.80. The highest BCUT2D eigenvalue weighted by Gasteiger charge is 2.17. The third-order valence-corrected chi connectivity index (χ3v) is 5.78. The minimum absolute atomic E-state index is 0.545. The van der Waals surface area contributed by atoms with Gasteiger partial charge in [-0.05, 0) is 67.8 Å². The van der Waals surface area contributed by atoms with Crippen molar-refractivity contribution >= 4 is 34.1 Å². The third kappa shape index (κ3) is 4.27. The highest BCUT2D eigenvalue weighted by Crippen LogP contribution is 2.39. The number of aryl methyl sites for hydroxylation is 1. The van der Waals surface area contributed by atoms with Gasteiger partial charge in [-0.15, -0.1) is 0 Å². The number of aromatic nitrogens is 1. The maximum Gasteiger partial charge on any atom is 0.128 e. The van der Waals surface area contributed by atoms with Gasteiger partial charge in [0.15, 0.2) is 0 Å². The molecule has 1 heterocycles. The summed E-state index contributed by atoms with van der Waals surface area (Å²) in [6.45, 7) is 0.679. The molecule has 0 aliphatic rings. The van der Waals surface area contributed by atoms with E-state index in [1.54, 1.807) is 6.07 Å². The molecule has 3 nitrogen and oxygen atoms in total. The molecule has 0 spiro atoms. The van der Waals surface area contributed by atoms with Gasteiger partial charge in [0.25, 0.3) is 0 Å². The number of unbranched alkanes of at least 4 members (excludes halogenated alkanes) is 1. The molecular weight excluding hydrogens is 403 g/mol. The first-order chi connectivity index (χ1) is 14.2. The third-order valence-electron chi connectivity index (χ3n) is 4.96. The minimum atomic E-state index is 0.545. The van der Waals surface area contributed by atoms with E-state index in [4.69, 9.17) is 33.7 Å². The highest BCUT2D eigenvalue weighted by molar-refractivity contribution is 6.43. The molecule has 0 saturated carbocycles. The van der Waals surface area contributed by atoms with E-state index in [1.165, 1.54) is 5.56 Å². The summed E-state index contributed by atoms with van der Waals surface area (Å²) in [7, 11) is 0. The molecule has 0 amide bonds. The molecule has 0 fully saturated rings. The molecule has 4 aromatic rings. The number of aromatic amines is 1. The molecule has 0 unspecified atom stereocenters. The Kier molecular flexibility index (Phi) is 6.10. The molecule has 3 N–H and O–H groups in total. The number of nitrogens with two attached hydrogens (primary N) is 1. The predicted molar refractivity (Wildman–Crippen MR) is 122 cm³/mol. The number of hydrogen-bond acceptors (Lipinski definition) is 2. The number of rotatable bonds is 7. The lowest BCUT2D eigenvalue weighted by Crippen LogP contribution is -1.99. The number of hydrogen-bond donors (Lipinski definition) is 2. The van der Waals surface area contributed by atoms with E-state index in [9.17, 15) is 0 Å². The summed E-state index contributed by atoms with van der Waals surface area (Å²) in [5.41, 5.74) is 9.87. The van der Waals surface area contributed by atoms with E-state index in [2.05, 4.69) is 11.1 Å². The first-order valence-corrected chi connectivity index (χ1v) is 10.4. The van der Waals surface area contributed by atoms with Gasteiger partial charge in [-0.3, -0.25) is 0 Å². The molecule has 0 aliphatic carbocycles. The Bertz CT molecular complexity index is 1120. The number of ether oxygens (including phenoxy) is 1. The van der Waals surface area contributed by atoms with Crippen molar-refractivity contribution in [2.45, 2.75) is 19.3 Å². The molecule has 0 aliphatic heterocycles. The van der Waals surface area contributed by atoms with Crippen molar-refractivity contribution in [2.75, 3.05) is 6.54 Å². The topological polar surface area (TPSA) is 51.0 Å². The number of H-pyrrole nitrogens is 1. The summed E-state index contributed by atoms with van der Waals surface area (Å²) in [5.74, 6) is 1.61. The van der Waals surface area contributed by atoms with Crippen molar-refractivity contribution in [3.8, 4) is 22.8 Å². The van der Waals surface area contributed by atoms with E-state index >= 15 is 0 Å². The zero-order chi connectivity index (χ0) is 20.2. The van der Waals surface area contributed by atoms with Crippen LogP contribution in [0.15, 0.2) is 66.7 Å². The summed E-state index contributed by atoms with van der Waals surface area (Å²) >= 11 is 12.8. The van der Waals surface area contributed by atoms with Crippen LogP contribution in [0.1, 0.15) is 18.4 Å². The van der Waals surface area contributed by atoms with E-state index in [1.807, 2.05) is 54.6 Å². The molecule has 0 radical (unpaired) electrons. The van der Waals surface area contributed by atoms with E-state index in [0.717, 1.165) is 52.9 Å². The number of fused-ring (bicyclic) bond motifs is 1. The van der Waals surface area contributed by atoms with Crippen molar-refractivity contribution in [1.82, 2.24) is 4.98 Å². The smallest absolute Gasteiger partial charge is 0.128 e. The summed E-state index contributed by atoms with van der Waals surface area (Å²) in [5, 5.41) is 2.23. The van der Waals surface area contributed by atoms with Gasteiger partial charge in [-0.1, -0.05) is 53.5 Å². The molecule has 3 aromatic carbocycles. The van der Waals surface area contributed by atoms with Gasteiger partial charge in [0.1, 0.15) is 11.5 Å². The van der Waals surface area contributed by atoms with Crippen molar-refractivity contribution in [3.05, 3.63) is 82.3 Å². The average molecular weight is 425 g/mol. The molecule has 148 valence electrons. The number of benzene rings is 3. The summed E-state index contributed by atoms with van der Waals surface area (Å²) in [6, 6.07) is 21.6. The first-order valence-electron chi connectivity index (χ1n) is 9.69. The first kappa shape index (κ1) is 19.8. The van der Waals surface area contributed by atoms with Crippen LogP contribution >= 0.6 is 23.2 Å². The molecule has 0 saturated heterocycles. The quantitative estimate of drug-likeness (QED) is 0.307. The zero-order valence-corrected chi connectivity index (χ0v) is 17.4. The van der Waals surface area contributed by atoms with Crippen LogP contribution in [-0.4, -0.2) is 11.5 Å². The van der Waals surface area contributed by atoms with Gasteiger partial charge in [0.05, 0.1) is 15.7 Å². The second-order valence-electron chi connectivity index (χ2n) is 6.95. The second kappa shape index (κ2) is 8.91. The van der Waals surface area contributed by atoms with Crippen LogP contribution in [0.2, 0.25) is 10.0 Å². The van der Waals surface area contributed by atoms with E-state index in [0.29, 0.717) is 16.6 Å². The molecule has 0 atom stereocenters. The Morgan fingerprint density at radius 3 is 2.48 bits per heavy atom. The molecular formula is C24H22Cl2N2O. The van der Waals surface area contributed by atoms with Gasteiger partial charge >= 0.3 is 0 Å². The van der Waals surface area contributed by atoms with Gasteiger partial charge in [0, 0.05) is 16.5 Å². The van der Waals surface area contributed by atoms with Gasteiger partial charge in [-0.25, -0.2) is 0 Å². The van der Waals surface area contributed by atoms with Crippen molar-refractivity contribution in [2.24, 2.45) is 5.73 Å². The fraction of sp³-hybridized carbons (Fsp3) is 0.167. The Morgan fingerprint density at radius 1 is 0.862 bits per heavy atom. The maximum atomic E-state index is 6.53. The lowest BCUT2D eigenvalue weighted by atomic mass is 10.00. The monoisotopic (exact) mass is 424 g/mol. The molecule has 4 rings (SSSR count). The predicted octanol–water partition coefficient (Wildman–Crippen LogP) is 7.22. The highest BCUT2D eigenvalue weighted by atomic mass is 35.5. The van der Waals surface area contributed by atoms with Crippen molar-refractivity contribution < 1.29 is 4.74 Å². The molecule has 1 aromatic heterocycles. The standard InChI is InChI=1S/C24H22Cl2N2O/c25-21-11-6-10-19(23(21)26)24-18(9-4-5-14-27)20-15-17(12-13-22(20)28-24)29-16-7-2-1-3-8-16/h1-3,6-8,10-13,15,28H,4-5,9,14,27H2. The Hall–Kier alpha value is -2.46. The van der Waals surface area contributed by atoms with E-state index in [-0.39, 0.29) is 0 Å². The molecule has 5 heteroatoms. The lowest BCUT2D eigenvalue weighted by molar-refractivity contribution is 0.483. The van der Waals surface area contributed by atoms with Crippen LogP contribution in [-0.2, 0) is 6.42 Å². The fourth-order valence-corrected chi connectivity index (χ4v) is 3.94. The number of para-hydroxylation sites is 1. The van der Waals surface area contributed by atoms with Crippen LogP contribution < -0.4 is 10.5 Å². The van der Waals surface area contributed by atoms with Crippen molar-refractivity contribution in [1.29, 1.82) is 0 Å². The molecule has 0 bridgehead atoms. The van der Waals surface area contributed by atoms with Crippen molar-refractivity contribution in [3.63, 3.8) is 0 Å². The lowest BCUT2D eigenvalue weighted by Gasteiger charge is -2.09. The van der Waals surface area contributed by atoms with E-state index < -0.39 is 0 Å². The van der Waals surface area contributed by atoms with Crippen LogP contribution in [0.3, 0.4) is 0 Å². The summed E-state index contributed by atoms with van der Waals surface area (Å²) in [4.78, 5) is 3.54. The molecule has 29 heavy (non-hydrogen) atoms. The second-order valence-corrected chi connectivity index (χ2v) is 7.73. The van der Waals surface area contributed by atoms with Gasteiger partial charge in [-0.2, -0.15) is 0 Å². The zero-order valence-electron chi connectivity index (χ0n) is 15.9. The maximum absolute atomic E-state index is 6.53. The Labute approximate surface area is 180 Å². The largest absolute Gasteiger partial charge is 0.457 e. The van der Waals surface area contributed by atoms with Gasteiger partial charge in [0.2, 0.25) is 0 Å².